The Balaban J connectivity index is 1.00. The molecular weight excluding hydrogens is 833 g/mol. The number of ether oxygens (including phenoxy) is 6. The van der Waals surface area contributed by atoms with Gasteiger partial charge in [0.05, 0.1) is 37.6 Å². The highest BCUT2D eigenvalue weighted by Gasteiger charge is 2.20. The van der Waals surface area contributed by atoms with Crippen molar-refractivity contribution in [2.75, 3.05) is 26.4 Å². The lowest BCUT2D eigenvalue weighted by atomic mass is 9.92. The first-order chi connectivity index (χ1) is 32.3. The Morgan fingerprint density at radius 1 is 0.424 bits per heavy atom. The van der Waals surface area contributed by atoms with Gasteiger partial charge in [-0.05, 0) is 141 Å². The molecule has 0 radical (unpaired) electrons. The van der Waals surface area contributed by atoms with Crippen molar-refractivity contribution in [2.45, 2.75) is 25.7 Å². The molecule has 8 aromatic rings. The van der Waals surface area contributed by atoms with E-state index in [0.717, 1.165) is 60.8 Å². The zero-order valence-electron chi connectivity index (χ0n) is 36.2. The van der Waals surface area contributed by atoms with Crippen LogP contribution in [0.25, 0.3) is 54.2 Å². The zero-order chi connectivity index (χ0) is 45.8. The second-order valence-corrected chi connectivity index (χ2v) is 15.4. The van der Waals surface area contributed by atoms with Gasteiger partial charge in [-0.3, -0.25) is 0 Å². The number of fused-ring (bicyclic) bond motifs is 4. The monoisotopic (exact) mass is 878 g/mol. The largest absolute Gasteiger partial charge is 0.494 e. The lowest BCUT2D eigenvalue weighted by molar-refractivity contribution is -0.138. The number of benzene rings is 8. The summed E-state index contributed by atoms with van der Waals surface area (Å²) in [5.74, 6) is 0.118. The van der Waals surface area contributed by atoms with Crippen LogP contribution < -0.4 is 18.9 Å². The van der Waals surface area contributed by atoms with E-state index in [2.05, 4.69) is 13.2 Å². The van der Waals surface area contributed by atoms with Crippen molar-refractivity contribution in [3.05, 3.63) is 182 Å². The smallest absolute Gasteiger partial charge is 0.343 e. The molecule has 0 spiro atoms. The summed E-state index contributed by atoms with van der Waals surface area (Å²) in [7, 11) is 0. The molecule has 0 atom stereocenters. The van der Waals surface area contributed by atoms with Gasteiger partial charge in [0.15, 0.2) is 0 Å². The molecule has 8 rings (SSSR count). The molecule has 0 bridgehead atoms. The molecule has 8 aromatic carbocycles. The summed E-state index contributed by atoms with van der Waals surface area (Å²) >= 11 is 0. The van der Waals surface area contributed by atoms with Crippen LogP contribution in [0.2, 0.25) is 0 Å². The van der Waals surface area contributed by atoms with Gasteiger partial charge in [-0.1, -0.05) is 92.0 Å². The summed E-state index contributed by atoms with van der Waals surface area (Å²) in [4.78, 5) is 50.3. The standard InChI is InChI=1S/C56H46O10/c1-3-52(57)63-29-11-9-27-61-45-24-21-38-31-43(19-17-40(38)33-45)55(59)65-47-35-42-14-6-7-15-48(42)50(36-47)54-49-16-8-5-13-37(49)23-26-51(54)66-56(60)44-20-18-41-34-46(25-22-39(41)32-44)62-28-10-12-30-64-53(58)4-2/h3-8,13-26,31-36H,1-2,9-12,27-30H2. The van der Waals surface area contributed by atoms with Crippen LogP contribution in [0, 0.1) is 0 Å². The van der Waals surface area contributed by atoms with E-state index in [1.807, 2.05) is 115 Å². The fraction of sp³-hybridized carbons (Fsp3) is 0.143. The molecule has 0 fully saturated rings. The van der Waals surface area contributed by atoms with Gasteiger partial charge < -0.3 is 28.4 Å². The van der Waals surface area contributed by atoms with E-state index in [1.165, 1.54) is 0 Å². The van der Waals surface area contributed by atoms with E-state index >= 15 is 0 Å². The van der Waals surface area contributed by atoms with Crippen LogP contribution in [0.4, 0.5) is 0 Å². The molecular formula is C56H46O10. The average molecular weight is 879 g/mol. The Hall–Kier alpha value is -8.24. The Morgan fingerprint density at radius 3 is 1.48 bits per heavy atom. The third-order valence-corrected chi connectivity index (χ3v) is 10.9. The summed E-state index contributed by atoms with van der Waals surface area (Å²) in [5, 5.41) is 6.98. The van der Waals surface area contributed by atoms with Gasteiger partial charge in [-0.2, -0.15) is 0 Å². The fourth-order valence-corrected chi connectivity index (χ4v) is 7.62. The van der Waals surface area contributed by atoms with Crippen LogP contribution in [0.3, 0.4) is 0 Å². The Morgan fingerprint density at radius 2 is 0.894 bits per heavy atom. The highest BCUT2D eigenvalue weighted by molar-refractivity contribution is 6.10. The third kappa shape index (κ3) is 10.7. The van der Waals surface area contributed by atoms with Gasteiger partial charge in [-0.25, -0.2) is 19.2 Å². The van der Waals surface area contributed by atoms with E-state index in [-0.39, 0.29) is 0 Å². The minimum Gasteiger partial charge on any atom is -0.494 e. The van der Waals surface area contributed by atoms with Gasteiger partial charge in [0.25, 0.3) is 0 Å². The van der Waals surface area contributed by atoms with Crippen LogP contribution in [-0.4, -0.2) is 50.3 Å². The topological polar surface area (TPSA) is 124 Å². The summed E-state index contributed by atoms with van der Waals surface area (Å²) in [5.41, 5.74) is 2.15. The van der Waals surface area contributed by atoms with Crippen molar-refractivity contribution < 1.29 is 47.6 Å². The summed E-state index contributed by atoms with van der Waals surface area (Å²) < 4.78 is 34.3. The van der Waals surface area contributed by atoms with Crippen molar-refractivity contribution in [1.82, 2.24) is 0 Å². The lowest BCUT2D eigenvalue weighted by Crippen LogP contribution is -2.10. The molecule has 0 saturated heterocycles. The number of hydrogen-bond donors (Lipinski definition) is 0. The second-order valence-electron chi connectivity index (χ2n) is 15.4. The fourth-order valence-electron chi connectivity index (χ4n) is 7.62. The summed E-state index contributed by atoms with van der Waals surface area (Å²) in [6.07, 6.45) is 5.04. The molecule has 0 N–H and O–H groups in total. The molecule has 0 saturated carbocycles. The highest BCUT2D eigenvalue weighted by Crippen LogP contribution is 2.43. The number of unbranched alkanes of at least 4 members (excludes halogenated alkanes) is 2. The maximum absolute atomic E-state index is 14.0. The lowest BCUT2D eigenvalue weighted by Gasteiger charge is -2.17. The molecule has 0 aromatic heterocycles. The number of hydrogen-bond acceptors (Lipinski definition) is 10. The van der Waals surface area contributed by atoms with Crippen LogP contribution in [0.15, 0.2) is 171 Å². The van der Waals surface area contributed by atoms with Gasteiger partial charge in [-0.15, -0.1) is 0 Å². The first kappa shape index (κ1) is 44.4. The van der Waals surface area contributed by atoms with Crippen molar-refractivity contribution in [3.8, 4) is 34.1 Å². The third-order valence-electron chi connectivity index (χ3n) is 10.9. The van der Waals surface area contributed by atoms with Crippen LogP contribution in [0.1, 0.15) is 46.4 Å². The Kier molecular flexibility index (Phi) is 14.1. The quantitative estimate of drug-likeness (QED) is 0.0335. The van der Waals surface area contributed by atoms with Gasteiger partial charge in [0.2, 0.25) is 0 Å². The SMILES string of the molecule is C=CC(=O)OCCCCOc1ccc2cc(C(=O)Oc3cc(-c4c(OC(=O)c5ccc6cc(OCCCCOC(=O)C=C)ccc6c5)ccc5ccccc45)c4ccccc4c3)ccc2c1. The van der Waals surface area contributed by atoms with E-state index in [1.54, 1.807) is 30.3 Å². The number of carbonyl (C=O) groups is 4. The molecule has 0 unspecified atom stereocenters. The van der Waals surface area contributed by atoms with Gasteiger partial charge in [0.1, 0.15) is 23.0 Å². The van der Waals surface area contributed by atoms with Gasteiger partial charge in [0, 0.05) is 17.7 Å². The number of rotatable bonds is 19. The van der Waals surface area contributed by atoms with E-state index < -0.39 is 23.9 Å². The predicted molar refractivity (Wildman–Crippen MR) is 256 cm³/mol. The maximum atomic E-state index is 14.0. The van der Waals surface area contributed by atoms with Crippen molar-refractivity contribution in [2.24, 2.45) is 0 Å². The van der Waals surface area contributed by atoms with Gasteiger partial charge >= 0.3 is 23.9 Å². The maximum Gasteiger partial charge on any atom is 0.343 e. The van der Waals surface area contributed by atoms with E-state index in [9.17, 15) is 19.2 Å². The Bertz CT molecular complexity index is 3130. The van der Waals surface area contributed by atoms with Crippen LogP contribution >= 0.6 is 0 Å². The number of esters is 4. The second kappa shape index (κ2) is 21.0. The highest BCUT2D eigenvalue weighted by atomic mass is 16.5. The molecule has 0 amide bonds. The predicted octanol–water partition coefficient (Wildman–Crippen LogP) is 12.2. The number of carbonyl (C=O) groups excluding carboxylic acids is 4. The summed E-state index contributed by atoms with van der Waals surface area (Å²) in [6, 6.07) is 45.1. The average Bonchev–Trinajstić information content (AvgIpc) is 3.35. The normalized spacial score (nSPS) is 11.0. The molecule has 10 heteroatoms. The molecule has 0 heterocycles. The van der Waals surface area contributed by atoms with Crippen molar-refractivity contribution in [3.63, 3.8) is 0 Å². The van der Waals surface area contributed by atoms with Crippen molar-refractivity contribution >= 4 is 67.0 Å². The molecule has 10 nitrogen and oxygen atoms in total. The first-order valence-electron chi connectivity index (χ1n) is 21.7. The molecule has 66 heavy (non-hydrogen) atoms. The minimum atomic E-state index is -0.531. The minimum absolute atomic E-state index is 0.305. The molecule has 0 aliphatic rings. The molecule has 330 valence electrons. The van der Waals surface area contributed by atoms with Crippen LogP contribution in [0.5, 0.6) is 23.0 Å². The van der Waals surface area contributed by atoms with Crippen molar-refractivity contribution in [1.29, 1.82) is 0 Å². The summed E-state index contributed by atoms with van der Waals surface area (Å²) in [6.45, 7) is 8.32. The Labute approximate surface area is 381 Å². The first-order valence-corrected chi connectivity index (χ1v) is 21.7. The molecule has 0 aliphatic heterocycles. The van der Waals surface area contributed by atoms with E-state index in [0.29, 0.717) is 91.8 Å². The van der Waals surface area contributed by atoms with Crippen LogP contribution in [-0.2, 0) is 19.1 Å². The zero-order valence-corrected chi connectivity index (χ0v) is 36.2. The van der Waals surface area contributed by atoms with E-state index in [4.69, 9.17) is 28.4 Å². The molecule has 0 aliphatic carbocycles.